The molecule has 0 aliphatic rings. The third kappa shape index (κ3) is 7.25. The summed E-state index contributed by atoms with van der Waals surface area (Å²) in [6.45, 7) is 6.90. The van der Waals surface area contributed by atoms with E-state index in [1.54, 1.807) is 12.1 Å². The Hall–Kier alpha value is -0.970. The van der Waals surface area contributed by atoms with E-state index < -0.39 is 6.10 Å². The maximum Gasteiger partial charge on any atom is 0.123 e. The number of hydrogen-bond acceptors (Lipinski definition) is 3. The lowest BCUT2D eigenvalue weighted by Gasteiger charge is -2.12. The second kappa shape index (κ2) is 9.02. The van der Waals surface area contributed by atoms with Crippen molar-refractivity contribution < 1.29 is 14.2 Å². The standard InChI is InChI=1S/C15H24FNO2/c1-12(2)7-9-19-10-8-17-11-15(18)13-3-5-14(16)6-4-13/h3-6,12,15,17-18H,7-11H2,1-2H3. The van der Waals surface area contributed by atoms with Gasteiger partial charge < -0.3 is 15.2 Å². The van der Waals surface area contributed by atoms with Crippen molar-refractivity contribution in [2.24, 2.45) is 5.92 Å². The van der Waals surface area contributed by atoms with Crippen LogP contribution in [0.4, 0.5) is 4.39 Å². The predicted molar refractivity (Wildman–Crippen MR) is 74.5 cm³/mol. The molecule has 0 bridgehead atoms. The molecule has 1 atom stereocenters. The van der Waals surface area contributed by atoms with E-state index in [0.29, 0.717) is 25.6 Å². The van der Waals surface area contributed by atoms with Crippen molar-refractivity contribution in [1.82, 2.24) is 5.32 Å². The summed E-state index contributed by atoms with van der Waals surface area (Å²) in [5, 5.41) is 13.0. The van der Waals surface area contributed by atoms with E-state index in [4.69, 9.17) is 4.74 Å². The molecule has 0 heterocycles. The molecule has 0 radical (unpaired) electrons. The first kappa shape index (κ1) is 16.1. The molecule has 0 aromatic heterocycles. The summed E-state index contributed by atoms with van der Waals surface area (Å²) in [6, 6.07) is 5.91. The Morgan fingerprint density at radius 2 is 1.89 bits per heavy atom. The lowest BCUT2D eigenvalue weighted by atomic mass is 10.1. The van der Waals surface area contributed by atoms with E-state index in [1.807, 2.05) is 0 Å². The van der Waals surface area contributed by atoms with Crippen LogP contribution >= 0.6 is 0 Å². The van der Waals surface area contributed by atoms with Crippen LogP contribution in [0.25, 0.3) is 0 Å². The number of ether oxygens (including phenoxy) is 1. The summed E-state index contributed by atoms with van der Waals surface area (Å²) in [5.74, 6) is 0.371. The van der Waals surface area contributed by atoms with Crippen LogP contribution in [0.2, 0.25) is 0 Å². The van der Waals surface area contributed by atoms with E-state index in [2.05, 4.69) is 19.2 Å². The highest BCUT2D eigenvalue weighted by Crippen LogP contribution is 2.12. The molecule has 0 aliphatic heterocycles. The Bertz CT molecular complexity index is 341. The van der Waals surface area contributed by atoms with Gasteiger partial charge in [0.1, 0.15) is 5.82 Å². The minimum Gasteiger partial charge on any atom is -0.387 e. The molecule has 108 valence electrons. The number of nitrogens with one attached hydrogen (secondary N) is 1. The van der Waals surface area contributed by atoms with Crippen molar-refractivity contribution in [3.8, 4) is 0 Å². The van der Waals surface area contributed by atoms with E-state index in [1.165, 1.54) is 12.1 Å². The van der Waals surface area contributed by atoms with Crippen molar-refractivity contribution in [3.05, 3.63) is 35.6 Å². The molecule has 1 unspecified atom stereocenters. The Labute approximate surface area is 114 Å². The SMILES string of the molecule is CC(C)CCOCCNCC(O)c1ccc(F)cc1. The molecule has 19 heavy (non-hydrogen) atoms. The maximum atomic E-state index is 12.7. The van der Waals surface area contributed by atoms with Crippen molar-refractivity contribution >= 4 is 0 Å². The minimum atomic E-state index is -0.615. The lowest BCUT2D eigenvalue weighted by molar-refractivity contribution is 0.119. The highest BCUT2D eigenvalue weighted by atomic mass is 19.1. The van der Waals surface area contributed by atoms with Gasteiger partial charge in [0.25, 0.3) is 0 Å². The van der Waals surface area contributed by atoms with Crippen LogP contribution in [0.1, 0.15) is 31.9 Å². The molecule has 3 nitrogen and oxygen atoms in total. The molecule has 0 amide bonds. The fraction of sp³-hybridized carbons (Fsp3) is 0.600. The largest absolute Gasteiger partial charge is 0.387 e. The summed E-state index contributed by atoms with van der Waals surface area (Å²) in [7, 11) is 0. The fourth-order valence-electron chi connectivity index (χ4n) is 1.61. The van der Waals surface area contributed by atoms with Crippen molar-refractivity contribution in [2.45, 2.75) is 26.4 Å². The second-order valence-electron chi connectivity index (χ2n) is 5.07. The van der Waals surface area contributed by atoms with Crippen LogP contribution in [0.3, 0.4) is 0 Å². The lowest BCUT2D eigenvalue weighted by Crippen LogP contribution is -2.25. The van der Waals surface area contributed by atoms with E-state index in [0.717, 1.165) is 18.6 Å². The molecule has 0 aliphatic carbocycles. The van der Waals surface area contributed by atoms with Crippen LogP contribution in [0.5, 0.6) is 0 Å². The van der Waals surface area contributed by atoms with E-state index in [-0.39, 0.29) is 5.82 Å². The number of hydrogen-bond donors (Lipinski definition) is 2. The molecule has 1 aromatic rings. The molecule has 1 rings (SSSR count). The summed E-state index contributed by atoms with van der Waals surface area (Å²) in [4.78, 5) is 0. The third-order valence-corrected chi connectivity index (χ3v) is 2.86. The van der Waals surface area contributed by atoms with Crippen molar-refractivity contribution in [1.29, 1.82) is 0 Å². The molecular formula is C15H24FNO2. The van der Waals surface area contributed by atoms with Crippen LogP contribution in [0, 0.1) is 11.7 Å². The molecular weight excluding hydrogens is 245 g/mol. The quantitative estimate of drug-likeness (QED) is 0.677. The Kier molecular flexibility index (Phi) is 7.63. The van der Waals surface area contributed by atoms with Gasteiger partial charge in [0.05, 0.1) is 12.7 Å². The van der Waals surface area contributed by atoms with Crippen LogP contribution < -0.4 is 5.32 Å². The molecule has 1 aromatic carbocycles. The molecule has 0 spiro atoms. The fourth-order valence-corrected chi connectivity index (χ4v) is 1.61. The second-order valence-corrected chi connectivity index (χ2v) is 5.07. The van der Waals surface area contributed by atoms with Crippen LogP contribution in [-0.4, -0.2) is 31.4 Å². The van der Waals surface area contributed by atoms with Gasteiger partial charge in [-0.15, -0.1) is 0 Å². The Balaban J connectivity index is 2.07. The minimum absolute atomic E-state index is 0.289. The van der Waals surface area contributed by atoms with Gasteiger partial charge in [-0.2, -0.15) is 0 Å². The zero-order chi connectivity index (χ0) is 14.1. The Morgan fingerprint density at radius 3 is 2.53 bits per heavy atom. The van der Waals surface area contributed by atoms with Gasteiger partial charge in [-0.05, 0) is 30.0 Å². The summed E-state index contributed by atoms with van der Waals surface area (Å²) in [5.41, 5.74) is 0.717. The summed E-state index contributed by atoms with van der Waals surface area (Å²) >= 11 is 0. The van der Waals surface area contributed by atoms with Gasteiger partial charge in [-0.1, -0.05) is 26.0 Å². The van der Waals surface area contributed by atoms with Crippen molar-refractivity contribution in [2.75, 3.05) is 26.3 Å². The number of benzene rings is 1. The average molecular weight is 269 g/mol. The maximum absolute atomic E-state index is 12.7. The first-order valence-electron chi connectivity index (χ1n) is 6.81. The molecule has 0 saturated heterocycles. The molecule has 0 fully saturated rings. The number of aliphatic hydroxyl groups is 1. The number of rotatable bonds is 9. The summed E-state index contributed by atoms with van der Waals surface area (Å²) < 4.78 is 18.2. The van der Waals surface area contributed by atoms with Gasteiger partial charge in [-0.3, -0.25) is 0 Å². The van der Waals surface area contributed by atoms with Crippen molar-refractivity contribution in [3.63, 3.8) is 0 Å². The monoisotopic (exact) mass is 269 g/mol. The highest BCUT2D eigenvalue weighted by molar-refractivity contribution is 5.18. The highest BCUT2D eigenvalue weighted by Gasteiger charge is 2.06. The third-order valence-electron chi connectivity index (χ3n) is 2.86. The predicted octanol–water partition coefficient (Wildman–Crippen LogP) is 2.51. The van der Waals surface area contributed by atoms with Gasteiger partial charge in [-0.25, -0.2) is 4.39 Å². The number of aliphatic hydroxyl groups excluding tert-OH is 1. The molecule has 0 saturated carbocycles. The first-order valence-corrected chi connectivity index (χ1v) is 6.81. The normalized spacial score (nSPS) is 12.9. The topological polar surface area (TPSA) is 41.5 Å². The smallest absolute Gasteiger partial charge is 0.123 e. The summed E-state index contributed by atoms with van der Waals surface area (Å²) in [6.07, 6.45) is 0.453. The molecule has 2 N–H and O–H groups in total. The first-order chi connectivity index (χ1) is 9.09. The van der Waals surface area contributed by atoms with Gasteiger partial charge in [0.2, 0.25) is 0 Å². The van der Waals surface area contributed by atoms with E-state index in [9.17, 15) is 9.50 Å². The van der Waals surface area contributed by atoms with Gasteiger partial charge in [0, 0.05) is 19.7 Å². The number of halogens is 1. The van der Waals surface area contributed by atoms with E-state index >= 15 is 0 Å². The zero-order valence-electron chi connectivity index (χ0n) is 11.7. The van der Waals surface area contributed by atoms with Gasteiger partial charge >= 0.3 is 0 Å². The Morgan fingerprint density at radius 1 is 1.21 bits per heavy atom. The van der Waals surface area contributed by atoms with Crippen LogP contribution in [-0.2, 0) is 4.74 Å². The zero-order valence-corrected chi connectivity index (χ0v) is 11.7. The average Bonchev–Trinajstić information content (AvgIpc) is 2.38. The molecule has 4 heteroatoms. The van der Waals surface area contributed by atoms with Crippen LogP contribution in [0.15, 0.2) is 24.3 Å². The van der Waals surface area contributed by atoms with Gasteiger partial charge in [0.15, 0.2) is 0 Å².